The number of allylic oxidation sites excluding steroid dienone is 2. The highest BCUT2D eigenvalue weighted by Crippen LogP contribution is 2.21. The largest absolute Gasteiger partial charge is 0.493 e. The number of carbonyl (C=O) groups is 1. The zero-order valence-corrected chi connectivity index (χ0v) is 13.7. The second-order valence-corrected chi connectivity index (χ2v) is 5.24. The lowest BCUT2D eigenvalue weighted by Gasteiger charge is -2.13. The van der Waals surface area contributed by atoms with Crippen LogP contribution >= 0.6 is 0 Å². The minimum atomic E-state index is -0.515. The summed E-state index contributed by atoms with van der Waals surface area (Å²) in [4.78, 5) is 11.2. The van der Waals surface area contributed by atoms with Gasteiger partial charge >= 0.3 is 5.97 Å². The molecule has 128 valence electrons. The summed E-state index contributed by atoms with van der Waals surface area (Å²) in [6, 6.07) is 4.36. The van der Waals surface area contributed by atoms with Crippen LogP contribution in [0, 0.1) is 11.7 Å². The molecule has 0 aliphatic heterocycles. The molecule has 1 unspecified atom stereocenters. The molecule has 1 aromatic carbocycles. The van der Waals surface area contributed by atoms with Gasteiger partial charge in [-0.3, -0.25) is 4.79 Å². The Bertz CT molecular complexity index is 543. The molecule has 0 bridgehead atoms. The molecule has 0 saturated carbocycles. The number of ether oxygens (including phenoxy) is 2. The van der Waals surface area contributed by atoms with Crippen molar-refractivity contribution in [2.45, 2.75) is 27.2 Å². The van der Waals surface area contributed by atoms with Crippen molar-refractivity contribution in [1.82, 2.24) is 0 Å². The standard InChI is InChI=1S/C17H23F2NO3/c1-4-22-17(21)10-20-16-8-7-14(9-15(16)19)23-11-12(2)5-6-13(3)18/h6-9,12,20H,4-5,10-11H2,1-3H3/b13-6+. The first-order chi connectivity index (χ1) is 10.9. The molecule has 1 N–H and O–H groups in total. The average molecular weight is 327 g/mol. The fourth-order valence-electron chi connectivity index (χ4n) is 1.78. The Morgan fingerprint density at radius 3 is 2.78 bits per heavy atom. The average Bonchev–Trinajstić information content (AvgIpc) is 2.50. The summed E-state index contributed by atoms with van der Waals surface area (Å²) in [6.07, 6.45) is 2.06. The third kappa shape index (κ3) is 7.63. The van der Waals surface area contributed by atoms with Gasteiger partial charge in [-0.1, -0.05) is 13.0 Å². The van der Waals surface area contributed by atoms with Crippen LogP contribution in [-0.2, 0) is 9.53 Å². The van der Waals surface area contributed by atoms with Crippen molar-refractivity contribution in [2.24, 2.45) is 5.92 Å². The maximum atomic E-state index is 13.9. The van der Waals surface area contributed by atoms with Crippen LogP contribution in [0.25, 0.3) is 0 Å². The van der Waals surface area contributed by atoms with Gasteiger partial charge < -0.3 is 14.8 Å². The minimum Gasteiger partial charge on any atom is -0.493 e. The third-order valence-electron chi connectivity index (χ3n) is 3.01. The first-order valence-electron chi connectivity index (χ1n) is 7.56. The second kappa shape index (κ2) is 9.82. The van der Waals surface area contributed by atoms with Crippen molar-refractivity contribution in [3.8, 4) is 5.75 Å². The summed E-state index contributed by atoms with van der Waals surface area (Å²) < 4.78 is 36.8. The Hall–Kier alpha value is -2.11. The van der Waals surface area contributed by atoms with Crippen LogP contribution in [0.2, 0.25) is 0 Å². The second-order valence-electron chi connectivity index (χ2n) is 5.24. The lowest BCUT2D eigenvalue weighted by molar-refractivity contribution is -0.140. The van der Waals surface area contributed by atoms with E-state index in [0.29, 0.717) is 18.8 Å². The lowest BCUT2D eigenvalue weighted by Crippen LogP contribution is -2.17. The number of nitrogens with one attached hydrogen (secondary N) is 1. The fourth-order valence-corrected chi connectivity index (χ4v) is 1.78. The van der Waals surface area contributed by atoms with E-state index in [1.807, 2.05) is 6.92 Å². The molecular weight excluding hydrogens is 304 g/mol. The predicted molar refractivity (Wildman–Crippen MR) is 85.7 cm³/mol. The smallest absolute Gasteiger partial charge is 0.325 e. The molecule has 0 aliphatic carbocycles. The van der Waals surface area contributed by atoms with E-state index in [4.69, 9.17) is 9.47 Å². The van der Waals surface area contributed by atoms with Crippen molar-refractivity contribution in [2.75, 3.05) is 25.1 Å². The van der Waals surface area contributed by atoms with Crippen molar-refractivity contribution in [1.29, 1.82) is 0 Å². The number of rotatable bonds is 9. The number of anilines is 1. The summed E-state index contributed by atoms with van der Waals surface area (Å²) in [5.74, 6) is -0.682. The molecule has 0 radical (unpaired) electrons. The van der Waals surface area contributed by atoms with E-state index in [-0.39, 0.29) is 30.6 Å². The third-order valence-corrected chi connectivity index (χ3v) is 3.01. The van der Waals surface area contributed by atoms with Crippen LogP contribution in [0.1, 0.15) is 27.2 Å². The molecule has 1 atom stereocenters. The number of halogens is 2. The molecule has 1 rings (SSSR count). The molecule has 23 heavy (non-hydrogen) atoms. The van der Waals surface area contributed by atoms with Crippen LogP contribution in [0.4, 0.5) is 14.5 Å². The predicted octanol–water partition coefficient (Wildman–Crippen LogP) is 4.08. The highest BCUT2D eigenvalue weighted by Gasteiger charge is 2.08. The molecule has 0 aliphatic rings. The Labute approximate surface area is 135 Å². The molecule has 1 aromatic rings. The van der Waals surface area contributed by atoms with E-state index in [2.05, 4.69) is 5.32 Å². The monoisotopic (exact) mass is 327 g/mol. The first-order valence-corrected chi connectivity index (χ1v) is 7.56. The number of hydrogen-bond donors (Lipinski definition) is 1. The lowest BCUT2D eigenvalue weighted by atomic mass is 10.1. The normalized spacial score (nSPS) is 12.7. The molecular formula is C17H23F2NO3. The molecule has 0 fully saturated rings. The van der Waals surface area contributed by atoms with Gasteiger partial charge in [0.05, 0.1) is 24.7 Å². The number of carbonyl (C=O) groups excluding carboxylic acids is 1. The van der Waals surface area contributed by atoms with Crippen LogP contribution in [0.15, 0.2) is 30.1 Å². The number of hydrogen-bond acceptors (Lipinski definition) is 4. The summed E-state index contributed by atoms with van der Waals surface area (Å²) >= 11 is 0. The molecule has 4 nitrogen and oxygen atoms in total. The van der Waals surface area contributed by atoms with Crippen molar-refractivity contribution >= 4 is 11.7 Å². The van der Waals surface area contributed by atoms with Crippen LogP contribution < -0.4 is 10.1 Å². The van der Waals surface area contributed by atoms with E-state index >= 15 is 0 Å². The first kappa shape index (κ1) is 18.9. The Kier molecular flexibility index (Phi) is 8.08. The molecule has 0 saturated heterocycles. The van der Waals surface area contributed by atoms with Crippen molar-refractivity contribution in [3.63, 3.8) is 0 Å². The van der Waals surface area contributed by atoms with E-state index in [9.17, 15) is 13.6 Å². The van der Waals surface area contributed by atoms with Crippen LogP contribution in [-0.4, -0.2) is 25.7 Å². The van der Waals surface area contributed by atoms with Crippen LogP contribution in [0.5, 0.6) is 5.75 Å². The summed E-state index contributed by atoms with van der Waals surface area (Å²) in [6.45, 7) is 5.56. The van der Waals surface area contributed by atoms with E-state index < -0.39 is 11.8 Å². The fraction of sp³-hybridized carbons (Fsp3) is 0.471. The maximum absolute atomic E-state index is 13.9. The molecule has 0 amide bonds. The van der Waals surface area contributed by atoms with Crippen LogP contribution in [0.3, 0.4) is 0 Å². The Morgan fingerprint density at radius 1 is 1.43 bits per heavy atom. The Morgan fingerprint density at radius 2 is 2.17 bits per heavy atom. The van der Waals surface area contributed by atoms with Gasteiger partial charge in [-0.2, -0.15) is 0 Å². The van der Waals surface area contributed by atoms with Gasteiger partial charge in [0, 0.05) is 6.07 Å². The molecule has 0 spiro atoms. The van der Waals surface area contributed by atoms with Crippen molar-refractivity contribution in [3.05, 3.63) is 35.9 Å². The summed E-state index contributed by atoms with van der Waals surface area (Å²) in [5, 5.41) is 2.67. The maximum Gasteiger partial charge on any atom is 0.325 e. The van der Waals surface area contributed by atoms with Gasteiger partial charge in [-0.25, -0.2) is 8.78 Å². The quantitative estimate of drug-likeness (QED) is 0.694. The van der Waals surface area contributed by atoms with E-state index in [1.165, 1.54) is 25.1 Å². The minimum absolute atomic E-state index is 0.100. The molecule has 0 heterocycles. The van der Waals surface area contributed by atoms with E-state index in [1.54, 1.807) is 13.0 Å². The van der Waals surface area contributed by atoms with Gasteiger partial charge in [0.25, 0.3) is 0 Å². The highest BCUT2D eigenvalue weighted by molar-refractivity contribution is 5.75. The molecule has 0 aromatic heterocycles. The van der Waals surface area contributed by atoms with Gasteiger partial charge in [0.2, 0.25) is 0 Å². The Balaban J connectivity index is 2.49. The SMILES string of the molecule is CCOC(=O)CNc1ccc(OCC(C)C/C=C(\C)F)cc1F. The number of benzene rings is 1. The number of esters is 1. The topological polar surface area (TPSA) is 47.6 Å². The molecule has 6 heteroatoms. The summed E-state index contributed by atoms with van der Waals surface area (Å²) in [5.41, 5.74) is 0.203. The summed E-state index contributed by atoms with van der Waals surface area (Å²) in [7, 11) is 0. The van der Waals surface area contributed by atoms with Crippen molar-refractivity contribution < 1.29 is 23.0 Å². The van der Waals surface area contributed by atoms with Gasteiger partial charge in [-0.05, 0) is 38.3 Å². The van der Waals surface area contributed by atoms with Gasteiger partial charge in [-0.15, -0.1) is 0 Å². The zero-order valence-electron chi connectivity index (χ0n) is 13.7. The zero-order chi connectivity index (χ0) is 17.2. The van der Waals surface area contributed by atoms with Gasteiger partial charge in [0.15, 0.2) is 0 Å². The highest BCUT2D eigenvalue weighted by atomic mass is 19.1. The van der Waals surface area contributed by atoms with E-state index in [0.717, 1.165) is 0 Å². The van der Waals surface area contributed by atoms with Gasteiger partial charge in [0.1, 0.15) is 18.1 Å².